The van der Waals surface area contributed by atoms with Gasteiger partial charge in [-0.2, -0.15) is 16.7 Å². The minimum atomic E-state index is 0.255. The number of hydrogen-bond acceptors (Lipinski definition) is 5. The highest BCUT2D eigenvalue weighted by atomic mass is 35.5. The van der Waals surface area contributed by atoms with E-state index in [1.807, 2.05) is 18.8 Å². The van der Waals surface area contributed by atoms with Crippen molar-refractivity contribution in [3.8, 4) is 0 Å². The SMILES string of the molecule is CCC(CSC)N(C)c1nc(N)ncc1Cl. The lowest BCUT2D eigenvalue weighted by molar-refractivity contribution is 0.666. The number of halogens is 1. The first-order valence-corrected chi connectivity index (χ1v) is 6.87. The minimum Gasteiger partial charge on any atom is -0.368 e. The van der Waals surface area contributed by atoms with E-state index in [1.165, 1.54) is 0 Å². The van der Waals surface area contributed by atoms with Crippen LogP contribution < -0.4 is 10.6 Å². The van der Waals surface area contributed by atoms with Crippen molar-refractivity contribution in [3.63, 3.8) is 0 Å². The molecule has 0 saturated heterocycles. The molecule has 1 heterocycles. The molecular formula is C10H17ClN4S. The van der Waals surface area contributed by atoms with Crippen LogP contribution in [0.2, 0.25) is 5.02 Å². The number of thioether (sulfide) groups is 1. The molecule has 0 fully saturated rings. The number of hydrogen-bond donors (Lipinski definition) is 1. The number of aromatic nitrogens is 2. The van der Waals surface area contributed by atoms with Crippen LogP contribution in [0, 0.1) is 0 Å². The van der Waals surface area contributed by atoms with Crippen LogP contribution in [-0.4, -0.2) is 35.1 Å². The molecule has 0 spiro atoms. The van der Waals surface area contributed by atoms with Gasteiger partial charge >= 0.3 is 0 Å². The molecule has 4 nitrogen and oxygen atoms in total. The van der Waals surface area contributed by atoms with E-state index in [2.05, 4.69) is 28.0 Å². The van der Waals surface area contributed by atoms with Crippen LogP contribution in [0.3, 0.4) is 0 Å². The molecule has 6 heteroatoms. The van der Waals surface area contributed by atoms with Gasteiger partial charge in [0.1, 0.15) is 5.02 Å². The van der Waals surface area contributed by atoms with E-state index >= 15 is 0 Å². The van der Waals surface area contributed by atoms with Gasteiger partial charge in [-0.05, 0) is 12.7 Å². The smallest absolute Gasteiger partial charge is 0.222 e. The molecule has 0 amide bonds. The van der Waals surface area contributed by atoms with Gasteiger partial charge in [0.15, 0.2) is 5.82 Å². The predicted octanol–water partition coefficient (Wildman–Crippen LogP) is 2.29. The Kier molecular flexibility index (Phi) is 5.15. The fourth-order valence-electron chi connectivity index (χ4n) is 1.49. The van der Waals surface area contributed by atoms with E-state index in [1.54, 1.807) is 6.20 Å². The topological polar surface area (TPSA) is 55.0 Å². The second-order valence-corrected chi connectivity index (χ2v) is 4.85. The first-order chi connectivity index (χ1) is 7.60. The number of rotatable bonds is 5. The lowest BCUT2D eigenvalue weighted by Gasteiger charge is -2.28. The third-order valence-electron chi connectivity index (χ3n) is 2.46. The zero-order valence-electron chi connectivity index (χ0n) is 9.77. The maximum Gasteiger partial charge on any atom is 0.222 e. The molecule has 16 heavy (non-hydrogen) atoms. The van der Waals surface area contributed by atoms with Crippen molar-refractivity contribution < 1.29 is 0 Å². The van der Waals surface area contributed by atoms with Gasteiger partial charge in [-0.3, -0.25) is 0 Å². The maximum atomic E-state index is 6.06. The third kappa shape index (κ3) is 3.15. The van der Waals surface area contributed by atoms with Gasteiger partial charge in [0, 0.05) is 18.8 Å². The first-order valence-electron chi connectivity index (χ1n) is 5.09. The van der Waals surface area contributed by atoms with Crippen molar-refractivity contribution in [3.05, 3.63) is 11.2 Å². The lowest BCUT2D eigenvalue weighted by atomic mass is 10.2. The molecule has 0 aliphatic rings. The van der Waals surface area contributed by atoms with Gasteiger partial charge in [-0.25, -0.2) is 4.98 Å². The quantitative estimate of drug-likeness (QED) is 0.880. The van der Waals surface area contributed by atoms with Gasteiger partial charge in [-0.1, -0.05) is 18.5 Å². The fourth-order valence-corrected chi connectivity index (χ4v) is 2.56. The molecule has 0 bridgehead atoms. The average molecular weight is 261 g/mol. The highest BCUT2D eigenvalue weighted by Crippen LogP contribution is 2.25. The second kappa shape index (κ2) is 6.15. The van der Waals surface area contributed by atoms with Crippen LogP contribution in [0.25, 0.3) is 0 Å². The second-order valence-electron chi connectivity index (χ2n) is 3.53. The summed E-state index contributed by atoms with van der Waals surface area (Å²) in [5, 5.41) is 0.538. The van der Waals surface area contributed by atoms with Gasteiger partial charge < -0.3 is 10.6 Å². The molecule has 1 atom stereocenters. The summed E-state index contributed by atoms with van der Waals surface area (Å²) >= 11 is 7.87. The molecule has 0 aliphatic heterocycles. The number of nitrogen functional groups attached to an aromatic ring is 1. The molecule has 1 aromatic rings. The van der Waals surface area contributed by atoms with Gasteiger partial charge in [0.25, 0.3) is 0 Å². The molecule has 0 aliphatic carbocycles. The Morgan fingerprint density at radius 1 is 1.62 bits per heavy atom. The molecule has 2 N–H and O–H groups in total. The summed E-state index contributed by atoms with van der Waals surface area (Å²) in [6, 6.07) is 0.404. The van der Waals surface area contributed by atoms with E-state index < -0.39 is 0 Å². The van der Waals surface area contributed by atoms with Gasteiger partial charge in [0.2, 0.25) is 5.95 Å². The summed E-state index contributed by atoms with van der Waals surface area (Å²) in [5.41, 5.74) is 5.57. The van der Waals surface area contributed by atoms with Crippen molar-refractivity contribution in [2.45, 2.75) is 19.4 Å². The summed E-state index contributed by atoms with van der Waals surface area (Å²) in [7, 11) is 1.98. The largest absolute Gasteiger partial charge is 0.368 e. The van der Waals surface area contributed by atoms with Crippen molar-refractivity contribution >= 4 is 35.1 Å². The van der Waals surface area contributed by atoms with E-state index in [-0.39, 0.29) is 5.95 Å². The summed E-state index contributed by atoms with van der Waals surface area (Å²) in [4.78, 5) is 10.1. The fraction of sp³-hybridized carbons (Fsp3) is 0.600. The third-order valence-corrected chi connectivity index (χ3v) is 3.44. The predicted molar refractivity (Wildman–Crippen MR) is 72.3 cm³/mol. The van der Waals surface area contributed by atoms with Crippen LogP contribution in [0.1, 0.15) is 13.3 Å². The first kappa shape index (κ1) is 13.4. The van der Waals surface area contributed by atoms with Gasteiger partial charge in [-0.15, -0.1) is 0 Å². The Labute approximate surface area is 106 Å². The summed E-state index contributed by atoms with van der Waals surface area (Å²) in [6.07, 6.45) is 4.67. The van der Waals surface area contributed by atoms with E-state index in [9.17, 15) is 0 Å². The molecule has 1 rings (SSSR count). The number of nitrogens with two attached hydrogens (primary N) is 1. The zero-order valence-corrected chi connectivity index (χ0v) is 11.3. The standard InChI is InChI=1S/C10H17ClN4S/c1-4-7(6-16-3)15(2)9-8(11)5-13-10(12)14-9/h5,7H,4,6H2,1-3H3,(H2,12,13,14). The molecule has 1 unspecified atom stereocenters. The Morgan fingerprint density at radius 3 is 2.88 bits per heavy atom. The maximum absolute atomic E-state index is 6.06. The summed E-state index contributed by atoms with van der Waals surface area (Å²) in [6.45, 7) is 2.15. The summed E-state index contributed by atoms with van der Waals surface area (Å²) in [5.74, 6) is 1.99. The Balaban J connectivity index is 2.93. The zero-order chi connectivity index (χ0) is 12.1. The van der Waals surface area contributed by atoms with Crippen LogP contribution >= 0.6 is 23.4 Å². The monoisotopic (exact) mass is 260 g/mol. The highest BCUT2D eigenvalue weighted by molar-refractivity contribution is 7.98. The average Bonchev–Trinajstić information content (AvgIpc) is 2.28. The lowest BCUT2D eigenvalue weighted by Crippen LogP contribution is -2.34. The van der Waals surface area contributed by atoms with Crippen LogP contribution in [0.5, 0.6) is 0 Å². The molecule has 0 saturated carbocycles. The van der Waals surface area contributed by atoms with Crippen molar-refractivity contribution in [2.24, 2.45) is 0 Å². The number of anilines is 2. The van der Waals surface area contributed by atoms with Crippen LogP contribution in [-0.2, 0) is 0 Å². The highest BCUT2D eigenvalue weighted by Gasteiger charge is 2.17. The minimum absolute atomic E-state index is 0.255. The molecule has 90 valence electrons. The molecule has 0 aromatic carbocycles. The van der Waals surface area contributed by atoms with Gasteiger partial charge in [0.05, 0.1) is 6.20 Å². The Hall–Kier alpha value is -0.680. The van der Waals surface area contributed by atoms with Crippen LogP contribution in [0.15, 0.2) is 6.20 Å². The molecule has 0 radical (unpaired) electrons. The van der Waals surface area contributed by atoms with Crippen LogP contribution in [0.4, 0.5) is 11.8 Å². The molecular weight excluding hydrogens is 244 g/mol. The number of nitrogens with zero attached hydrogens (tertiary/aromatic N) is 3. The Bertz CT molecular complexity index is 348. The Morgan fingerprint density at radius 2 is 2.31 bits per heavy atom. The van der Waals surface area contributed by atoms with E-state index in [0.717, 1.165) is 12.2 Å². The van der Waals surface area contributed by atoms with Crippen molar-refractivity contribution in [1.29, 1.82) is 0 Å². The summed E-state index contributed by atoms with van der Waals surface area (Å²) < 4.78 is 0. The van der Waals surface area contributed by atoms with E-state index in [4.69, 9.17) is 17.3 Å². The van der Waals surface area contributed by atoms with Crippen molar-refractivity contribution in [2.75, 3.05) is 29.7 Å². The van der Waals surface area contributed by atoms with Crippen molar-refractivity contribution in [1.82, 2.24) is 9.97 Å². The normalized spacial score (nSPS) is 12.5. The van der Waals surface area contributed by atoms with E-state index in [0.29, 0.717) is 16.9 Å². The molecule has 1 aromatic heterocycles.